The van der Waals surface area contributed by atoms with Crippen LogP contribution in [0.5, 0.6) is 5.75 Å². The zero-order valence-corrected chi connectivity index (χ0v) is 14.1. The third-order valence-corrected chi connectivity index (χ3v) is 3.53. The molecule has 25 heavy (non-hydrogen) atoms. The van der Waals surface area contributed by atoms with Crippen molar-refractivity contribution >= 4 is 11.7 Å². The summed E-state index contributed by atoms with van der Waals surface area (Å²) in [6.07, 6.45) is 1.86. The van der Waals surface area contributed by atoms with Crippen molar-refractivity contribution in [2.45, 2.75) is 19.8 Å². The van der Waals surface area contributed by atoms with Gasteiger partial charge in [0.2, 0.25) is 0 Å². The van der Waals surface area contributed by atoms with Gasteiger partial charge in [-0.15, -0.1) is 0 Å². The van der Waals surface area contributed by atoms with Gasteiger partial charge in [0.15, 0.2) is 5.75 Å². The predicted octanol–water partition coefficient (Wildman–Crippen LogP) is 2.64. The highest BCUT2D eigenvalue weighted by Gasteiger charge is 2.23. The van der Waals surface area contributed by atoms with E-state index in [9.17, 15) is 19.3 Å². The van der Waals surface area contributed by atoms with Gasteiger partial charge in [0.05, 0.1) is 30.8 Å². The fourth-order valence-corrected chi connectivity index (χ4v) is 2.45. The molecule has 2 rings (SSSR count). The van der Waals surface area contributed by atoms with E-state index < -0.39 is 10.7 Å². The number of rotatable bonds is 7. The third kappa shape index (κ3) is 4.11. The van der Waals surface area contributed by atoms with E-state index in [4.69, 9.17) is 9.47 Å². The van der Waals surface area contributed by atoms with Gasteiger partial charge in [0.25, 0.3) is 0 Å². The number of carbonyl (C=O) groups is 1. The molecule has 1 aromatic heterocycles. The number of halogens is 1. The van der Waals surface area contributed by atoms with E-state index in [-0.39, 0.29) is 42.4 Å². The first kappa shape index (κ1) is 18.4. The fraction of sp³-hybridized carbons (Fsp3) is 0.375. The van der Waals surface area contributed by atoms with Crippen molar-refractivity contribution in [2.24, 2.45) is 7.05 Å². The molecule has 0 saturated carbocycles. The second-order valence-corrected chi connectivity index (χ2v) is 5.23. The van der Waals surface area contributed by atoms with Crippen LogP contribution in [-0.2, 0) is 23.0 Å². The van der Waals surface area contributed by atoms with Crippen LogP contribution in [0, 0.1) is 15.9 Å². The molecule has 0 bridgehead atoms. The SMILES string of the molecule is CCOC(=O)CCc1nn(C)cc1-c1cc([N+](=O)[O-])c(OC)cc1F. The lowest BCUT2D eigenvalue weighted by atomic mass is 10.0. The minimum absolute atomic E-state index is 0.0273. The summed E-state index contributed by atoms with van der Waals surface area (Å²) >= 11 is 0. The number of aryl methyl sites for hydroxylation is 2. The maximum absolute atomic E-state index is 14.4. The van der Waals surface area contributed by atoms with Crippen LogP contribution in [-0.4, -0.2) is 34.4 Å². The molecular formula is C16H18FN3O5. The van der Waals surface area contributed by atoms with E-state index in [1.165, 1.54) is 11.8 Å². The minimum atomic E-state index is -0.673. The molecule has 0 fully saturated rings. The van der Waals surface area contributed by atoms with Gasteiger partial charge in [0, 0.05) is 42.9 Å². The van der Waals surface area contributed by atoms with Gasteiger partial charge >= 0.3 is 11.7 Å². The van der Waals surface area contributed by atoms with Crippen molar-refractivity contribution in [3.8, 4) is 16.9 Å². The number of ether oxygens (including phenoxy) is 2. The number of nitro benzene ring substituents is 1. The van der Waals surface area contributed by atoms with E-state index in [0.717, 1.165) is 12.1 Å². The quantitative estimate of drug-likeness (QED) is 0.432. The molecule has 2 aromatic rings. The highest BCUT2D eigenvalue weighted by molar-refractivity contribution is 5.73. The fourth-order valence-electron chi connectivity index (χ4n) is 2.45. The highest BCUT2D eigenvalue weighted by atomic mass is 19.1. The second-order valence-electron chi connectivity index (χ2n) is 5.23. The van der Waals surface area contributed by atoms with Crippen LogP contribution in [0.3, 0.4) is 0 Å². The number of methoxy groups -OCH3 is 1. The van der Waals surface area contributed by atoms with Crippen LogP contribution in [0.1, 0.15) is 19.0 Å². The maximum atomic E-state index is 14.4. The number of hydrogen-bond acceptors (Lipinski definition) is 6. The van der Waals surface area contributed by atoms with Gasteiger partial charge in [-0.1, -0.05) is 0 Å². The minimum Gasteiger partial charge on any atom is -0.490 e. The number of nitrogens with zero attached hydrogens (tertiary/aromatic N) is 3. The third-order valence-electron chi connectivity index (χ3n) is 3.53. The van der Waals surface area contributed by atoms with Crippen LogP contribution in [0.4, 0.5) is 10.1 Å². The van der Waals surface area contributed by atoms with Crippen molar-refractivity contribution in [1.29, 1.82) is 0 Å². The molecule has 0 atom stereocenters. The Bertz CT molecular complexity index is 803. The Labute approximate surface area is 143 Å². The van der Waals surface area contributed by atoms with E-state index >= 15 is 0 Å². The summed E-state index contributed by atoms with van der Waals surface area (Å²) in [5.74, 6) is -1.23. The van der Waals surface area contributed by atoms with Gasteiger partial charge in [-0.05, 0) is 6.92 Å². The lowest BCUT2D eigenvalue weighted by molar-refractivity contribution is -0.385. The average Bonchev–Trinajstić information content (AvgIpc) is 2.93. The molecule has 0 aliphatic heterocycles. The van der Waals surface area contributed by atoms with Crippen LogP contribution in [0.15, 0.2) is 18.3 Å². The van der Waals surface area contributed by atoms with Gasteiger partial charge in [-0.2, -0.15) is 5.10 Å². The number of carbonyl (C=O) groups excluding carboxylic acids is 1. The summed E-state index contributed by atoms with van der Waals surface area (Å²) in [7, 11) is 2.88. The molecule has 0 amide bonds. The molecule has 134 valence electrons. The van der Waals surface area contributed by atoms with Crippen molar-refractivity contribution in [3.63, 3.8) is 0 Å². The Morgan fingerprint density at radius 1 is 1.40 bits per heavy atom. The van der Waals surface area contributed by atoms with E-state index in [2.05, 4.69) is 5.10 Å². The first-order valence-electron chi connectivity index (χ1n) is 7.57. The van der Waals surface area contributed by atoms with Crippen LogP contribution in [0.2, 0.25) is 0 Å². The molecule has 9 heteroatoms. The summed E-state index contributed by atoms with van der Waals surface area (Å²) in [4.78, 5) is 22.1. The predicted molar refractivity (Wildman–Crippen MR) is 86.8 cm³/mol. The molecule has 0 saturated heterocycles. The standard InChI is InChI=1S/C16H18FN3O5/c1-4-25-16(21)6-5-13-11(9-19(2)18-13)10-7-14(20(22)23)15(24-3)8-12(10)17/h7-9H,4-6H2,1-3H3. The van der Waals surface area contributed by atoms with E-state index in [0.29, 0.717) is 11.3 Å². The maximum Gasteiger partial charge on any atom is 0.311 e. The van der Waals surface area contributed by atoms with Crippen LogP contribution in [0.25, 0.3) is 11.1 Å². The summed E-state index contributed by atoms with van der Waals surface area (Å²) in [5, 5.41) is 15.4. The Morgan fingerprint density at radius 2 is 2.12 bits per heavy atom. The molecular weight excluding hydrogens is 333 g/mol. The van der Waals surface area contributed by atoms with E-state index in [1.54, 1.807) is 20.2 Å². The number of nitro groups is 1. The number of benzene rings is 1. The van der Waals surface area contributed by atoms with Crippen molar-refractivity contribution in [3.05, 3.63) is 40.0 Å². The molecule has 0 aliphatic rings. The Balaban J connectivity index is 2.43. The molecule has 0 aliphatic carbocycles. The summed E-state index contributed by atoms with van der Waals surface area (Å²) in [5.41, 5.74) is 0.516. The zero-order valence-electron chi connectivity index (χ0n) is 14.1. The first-order valence-corrected chi connectivity index (χ1v) is 7.57. The van der Waals surface area contributed by atoms with Crippen molar-refractivity contribution in [1.82, 2.24) is 9.78 Å². The largest absolute Gasteiger partial charge is 0.490 e. The topological polar surface area (TPSA) is 96.5 Å². The number of esters is 1. The Morgan fingerprint density at radius 3 is 2.72 bits per heavy atom. The van der Waals surface area contributed by atoms with Crippen molar-refractivity contribution < 1.29 is 23.6 Å². The van der Waals surface area contributed by atoms with E-state index in [1.807, 2.05) is 0 Å². The molecule has 0 radical (unpaired) electrons. The monoisotopic (exact) mass is 351 g/mol. The number of aromatic nitrogens is 2. The molecule has 1 aromatic carbocycles. The average molecular weight is 351 g/mol. The lowest BCUT2D eigenvalue weighted by Gasteiger charge is -2.07. The van der Waals surface area contributed by atoms with Gasteiger partial charge in [-0.25, -0.2) is 4.39 Å². The van der Waals surface area contributed by atoms with Crippen LogP contribution < -0.4 is 4.74 Å². The van der Waals surface area contributed by atoms with Crippen molar-refractivity contribution in [2.75, 3.05) is 13.7 Å². The lowest BCUT2D eigenvalue weighted by Crippen LogP contribution is -2.06. The molecule has 0 unspecified atom stereocenters. The number of hydrogen-bond donors (Lipinski definition) is 0. The zero-order chi connectivity index (χ0) is 18.6. The summed E-state index contributed by atoms with van der Waals surface area (Å²) < 4.78 is 25.6. The highest BCUT2D eigenvalue weighted by Crippen LogP contribution is 2.36. The van der Waals surface area contributed by atoms with Crippen LogP contribution >= 0.6 is 0 Å². The van der Waals surface area contributed by atoms with Gasteiger partial charge < -0.3 is 9.47 Å². The Hall–Kier alpha value is -2.97. The molecule has 0 spiro atoms. The van der Waals surface area contributed by atoms with Gasteiger partial charge in [-0.3, -0.25) is 19.6 Å². The van der Waals surface area contributed by atoms with Gasteiger partial charge in [0.1, 0.15) is 5.82 Å². The molecule has 1 heterocycles. The normalized spacial score (nSPS) is 10.6. The smallest absolute Gasteiger partial charge is 0.311 e. The molecule has 0 N–H and O–H groups in total. The second kappa shape index (κ2) is 7.73. The summed E-state index contributed by atoms with van der Waals surface area (Å²) in [6, 6.07) is 2.08. The molecule has 8 nitrogen and oxygen atoms in total. The summed E-state index contributed by atoms with van der Waals surface area (Å²) in [6.45, 7) is 1.98. The Kier molecular flexibility index (Phi) is 5.68. The first-order chi connectivity index (χ1) is 11.9.